The van der Waals surface area contributed by atoms with Crippen LogP contribution in [0, 0.1) is 19.8 Å². The zero-order valence-electron chi connectivity index (χ0n) is 12.3. The first-order valence-corrected chi connectivity index (χ1v) is 8.90. The SMILES string of the molecule is Cc1ccc(N)c(NS(=O)(=O)CC2CCCCC2)c1C. The fourth-order valence-corrected chi connectivity index (χ4v) is 4.45. The van der Waals surface area contributed by atoms with E-state index in [-0.39, 0.29) is 11.7 Å². The summed E-state index contributed by atoms with van der Waals surface area (Å²) in [6.45, 7) is 3.85. The van der Waals surface area contributed by atoms with Gasteiger partial charge in [-0.05, 0) is 49.8 Å². The number of hydrogen-bond donors (Lipinski definition) is 2. The molecule has 1 aromatic rings. The van der Waals surface area contributed by atoms with Gasteiger partial charge in [0.15, 0.2) is 0 Å². The van der Waals surface area contributed by atoms with Gasteiger partial charge in [0, 0.05) is 0 Å². The van der Waals surface area contributed by atoms with Gasteiger partial charge in [-0.25, -0.2) is 8.42 Å². The van der Waals surface area contributed by atoms with Crippen molar-refractivity contribution in [2.24, 2.45) is 5.92 Å². The molecule has 0 amide bonds. The van der Waals surface area contributed by atoms with Gasteiger partial charge in [-0.3, -0.25) is 4.72 Å². The van der Waals surface area contributed by atoms with E-state index in [9.17, 15) is 8.42 Å². The molecule has 3 N–H and O–H groups in total. The van der Waals surface area contributed by atoms with E-state index in [1.807, 2.05) is 19.9 Å². The van der Waals surface area contributed by atoms with Gasteiger partial charge < -0.3 is 5.73 Å². The number of rotatable bonds is 4. The second kappa shape index (κ2) is 6.04. The number of nitrogens with two attached hydrogens (primary N) is 1. The monoisotopic (exact) mass is 296 g/mol. The number of sulfonamides is 1. The maximum atomic E-state index is 12.3. The summed E-state index contributed by atoms with van der Waals surface area (Å²) in [6, 6.07) is 3.66. The topological polar surface area (TPSA) is 72.2 Å². The van der Waals surface area contributed by atoms with Gasteiger partial charge in [0.05, 0.1) is 17.1 Å². The number of hydrogen-bond acceptors (Lipinski definition) is 3. The Labute approximate surface area is 121 Å². The molecule has 0 spiro atoms. The lowest BCUT2D eigenvalue weighted by atomic mass is 9.91. The molecule has 2 rings (SSSR count). The summed E-state index contributed by atoms with van der Waals surface area (Å²) < 4.78 is 27.3. The summed E-state index contributed by atoms with van der Waals surface area (Å²) in [5.74, 6) is 0.493. The number of nitrogens with one attached hydrogen (secondary N) is 1. The first-order valence-electron chi connectivity index (χ1n) is 7.25. The van der Waals surface area contributed by atoms with E-state index < -0.39 is 10.0 Å². The van der Waals surface area contributed by atoms with E-state index in [0.717, 1.165) is 36.8 Å². The summed E-state index contributed by atoms with van der Waals surface area (Å²) in [5.41, 5.74) is 8.87. The van der Waals surface area contributed by atoms with Crippen LogP contribution in [0.5, 0.6) is 0 Å². The molecule has 20 heavy (non-hydrogen) atoms. The molecule has 4 nitrogen and oxygen atoms in total. The second-order valence-electron chi connectivity index (χ2n) is 5.86. The van der Waals surface area contributed by atoms with Gasteiger partial charge in [0.25, 0.3) is 0 Å². The predicted molar refractivity (Wildman–Crippen MR) is 84.3 cm³/mol. The Morgan fingerprint density at radius 3 is 2.50 bits per heavy atom. The summed E-state index contributed by atoms with van der Waals surface area (Å²) >= 11 is 0. The first kappa shape index (κ1) is 15.2. The lowest BCUT2D eigenvalue weighted by Crippen LogP contribution is -2.25. The van der Waals surface area contributed by atoms with Crippen LogP contribution in [0.3, 0.4) is 0 Å². The average molecular weight is 296 g/mol. The minimum Gasteiger partial charge on any atom is -0.397 e. The molecule has 0 aliphatic heterocycles. The van der Waals surface area contributed by atoms with Crippen LogP contribution in [0.2, 0.25) is 0 Å². The zero-order chi connectivity index (χ0) is 14.8. The molecule has 1 aliphatic rings. The quantitative estimate of drug-likeness (QED) is 0.838. The van der Waals surface area contributed by atoms with Crippen LogP contribution in [0.1, 0.15) is 43.2 Å². The molecular weight excluding hydrogens is 272 g/mol. The standard InChI is InChI=1S/C15H24N2O2S/c1-11-8-9-14(16)15(12(11)2)17-20(18,19)10-13-6-4-3-5-7-13/h8-9,13,17H,3-7,10,16H2,1-2H3. The largest absolute Gasteiger partial charge is 0.397 e. The van der Waals surface area contributed by atoms with Gasteiger partial charge in [-0.1, -0.05) is 25.3 Å². The highest BCUT2D eigenvalue weighted by Gasteiger charge is 2.22. The van der Waals surface area contributed by atoms with Crippen molar-refractivity contribution in [2.45, 2.75) is 46.0 Å². The van der Waals surface area contributed by atoms with Crippen LogP contribution < -0.4 is 10.5 Å². The van der Waals surface area contributed by atoms with Crippen LogP contribution in [0.4, 0.5) is 11.4 Å². The Morgan fingerprint density at radius 1 is 1.20 bits per heavy atom. The first-order chi connectivity index (χ1) is 9.39. The van der Waals surface area contributed by atoms with Crippen molar-refractivity contribution in [3.63, 3.8) is 0 Å². The molecule has 5 heteroatoms. The Kier molecular flexibility index (Phi) is 4.58. The highest BCUT2D eigenvalue weighted by molar-refractivity contribution is 7.92. The lowest BCUT2D eigenvalue weighted by molar-refractivity contribution is 0.385. The number of anilines is 2. The Hall–Kier alpha value is -1.23. The van der Waals surface area contributed by atoms with E-state index in [4.69, 9.17) is 5.73 Å². The molecule has 0 bridgehead atoms. The van der Waals surface area contributed by atoms with Gasteiger partial charge in [-0.15, -0.1) is 0 Å². The van der Waals surface area contributed by atoms with Crippen LogP contribution in [0.25, 0.3) is 0 Å². The Balaban J connectivity index is 2.14. The number of benzene rings is 1. The normalized spacial score (nSPS) is 17.1. The van der Waals surface area contributed by atoms with Gasteiger partial charge >= 0.3 is 0 Å². The summed E-state index contributed by atoms with van der Waals surface area (Å²) in [7, 11) is -3.33. The molecule has 0 saturated heterocycles. The van der Waals surface area contributed by atoms with E-state index in [2.05, 4.69) is 4.72 Å². The number of nitrogen functional groups attached to an aromatic ring is 1. The van der Waals surface area contributed by atoms with Crippen molar-refractivity contribution in [2.75, 3.05) is 16.2 Å². The fraction of sp³-hybridized carbons (Fsp3) is 0.600. The van der Waals surface area contributed by atoms with Crippen molar-refractivity contribution in [1.82, 2.24) is 0 Å². The van der Waals surface area contributed by atoms with Crippen molar-refractivity contribution in [1.29, 1.82) is 0 Å². The molecular formula is C15H24N2O2S. The summed E-state index contributed by atoms with van der Waals surface area (Å²) in [6.07, 6.45) is 5.55. The van der Waals surface area contributed by atoms with Crippen LogP contribution >= 0.6 is 0 Å². The Bertz CT molecular complexity index is 576. The molecule has 1 saturated carbocycles. The minimum absolute atomic E-state index is 0.208. The van der Waals surface area contributed by atoms with Crippen LogP contribution in [0.15, 0.2) is 12.1 Å². The minimum atomic E-state index is -3.33. The predicted octanol–water partition coefficient (Wildman–Crippen LogP) is 3.21. The molecule has 0 atom stereocenters. The summed E-state index contributed by atoms with van der Waals surface area (Å²) in [4.78, 5) is 0. The molecule has 1 aliphatic carbocycles. The molecule has 1 aromatic carbocycles. The van der Waals surface area contributed by atoms with Crippen molar-refractivity contribution in [3.8, 4) is 0 Å². The zero-order valence-corrected chi connectivity index (χ0v) is 13.1. The van der Waals surface area contributed by atoms with Gasteiger partial charge in [0.1, 0.15) is 0 Å². The lowest BCUT2D eigenvalue weighted by Gasteiger charge is -2.22. The fourth-order valence-electron chi connectivity index (χ4n) is 2.83. The van der Waals surface area contributed by atoms with Crippen molar-refractivity contribution in [3.05, 3.63) is 23.3 Å². The van der Waals surface area contributed by atoms with Crippen molar-refractivity contribution < 1.29 is 8.42 Å². The van der Waals surface area contributed by atoms with Gasteiger partial charge in [-0.2, -0.15) is 0 Å². The smallest absolute Gasteiger partial charge is 0.233 e. The number of aryl methyl sites for hydroxylation is 1. The highest BCUT2D eigenvalue weighted by atomic mass is 32.2. The molecule has 112 valence electrons. The third kappa shape index (κ3) is 3.66. The molecule has 0 unspecified atom stereocenters. The average Bonchev–Trinajstić information content (AvgIpc) is 2.40. The molecule has 0 heterocycles. The highest BCUT2D eigenvalue weighted by Crippen LogP contribution is 2.29. The van der Waals surface area contributed by atoms with Crippen LogP contribution in [-0.2, 0) is 10.0 Å². The van der Waals surface area contributed by atoms with E-state index in [1.54, 1.807) is 6.07 Å². The second-order valence-corrected chi connectivity index (χ2v) is 7.63. The molecule has 0 radical (unpaired) electrons. The van der Waals surface area contributed by atoms with E-state index in [1.165, 1.54) is 6.42 Å². The van der Waals surface area contributed by atoms with E-state index >= 15 is 0 Å². The maximum Gasteiger partial charge on any atom is 0.233 e. The Morgan fingerprint density at radius 2 is 1.85 bits per heavy atom. The van der Waals surface area contributed by atoms with Gasteiger partial charge in [0.2, 0.25) is 10.0 Å². The third-order valence-corrected chi connectivity index (χ3v) is 5.63. The maximum absolute atomic E-state index is 12.3. The summed E-state index contributed by atoms with van der Waals surface area (Å²) in [5, 5.41) is 0. The van der Waals surface area contributed by atoms with Crippen LogP contribution in [-0.4, -0.2) is 14.2 Å². The van der Waals surface area contributed by atoms with Crippen molar-refractivity contribution >= 4 is 21.4 Å². The molecule has 0 aromatic heterocycles. The van der Waals surface area contributed by atoms with E-state index in [0.29, 0.717) is 11.4 Å². The third-order valence-electron chi connectivity index (χ3n) is 4.21. The molecule has 1 fully saturated rings.